The molecule has 5 rings (SSSR count). The Hall–Kier alpha value is -5.38. The minimum Gasteiger partial charge on any atom is -0.496 e. The Kier molecular flexibility index (Phi) is 8.80. The van der Waals surface area contributed by atoms with Crippen LogP contribution in [0.25, 0.3) is 11.3 Å². The van der Waals surface area contributed by atoms with Gasteiger partial charge in [0, 0.05) is 63.2 Å². The van der Waals surface area contributed by atoms with Crippen LogP contribution in [-0.4, -0.2) is 74.5 Å². The number of para-hydroxylation sites is 1. The van der Waals surface area contributed by atoms with Gasteiger partial charge in [0.15, 0.2) is 5.69 Å². The van der Waals surface area contributed by atoms with Gasteiger partial charge in [-0.25, -0.2) is 5.21 Å². The molecule has 1 fully saturated rings. The van der Waals surface area contributed by atoms with Crippen LogP contribution in [0.2, 0.25) is 0 Å². The van der Waals surface area contributed by atoms with E-state index in [0.717, 1.165) is 11.2 Å². The molecule has 1 saturated heterocycles. The largest absolute Gasteiger partial charge is 0.496 e. The summed E-state index contributed by atoms with van der Waals surface area (Å²) in [4.78, 5) is 32.5. The molecule has 2 heterocycles. The highest BCUT2D eigenvalue weighted by Crippen LogP contribution is 2.34. The van der Waals surface area contributed by atoms with Crippen LogP contribution in [-0.2, 0) is 0 Å². The summed E-state index contributed by atoms with van der Waals surface area (Å²) in [6.45, 7) is 3.36. The molecule has 3 aromatic carbocycles. The molecule has 44 heavy (non-hydrogen) atoms. The smallest absolute Gasteiger partial charge is 0.259 e. The van der Waals surface area contributed by atoms with Crippen LogP contribution in [0, 0.1) is 18.3 Å². The number of rotatable bonds is 8. The second-order valence-electron chi connectivity index (χ2n) is 10.5. The fraction of sp³-hybridized carbons (Fsp3) is 0.250. The van der Waals surface area contributed by atoms with Crippen LogP contribution in [0.5, 0.6) is 5.75 Å². The first-order valence-corrected chi connectivity index (χ1v) is 14.0. The number of aryl methyl sites for hydroxylation is 1. The highest BCUT2D eigenvalue weighted by atomic mass is 16.5. The van der Waals surface area contributed by atoms with Crippen LogP contribution >= 0.6 is 0 Å². The van der Waals surface area contributed by atoms with Crippen LogP contribution < -0.4 is 25.3 Å². The number of amides is 2. The molecule has 0 unspecified atom stereocenters. The minimum absolute atomic E-state index is 0.205. The molecule has 0 saturated carbocycles. The van der Waals surface area contributed by atoms with Crippen LogP contribution in [0.1, 0.15) is 32.0 Å². The Morgan fingerprint density at radius 3 is 2.43 bits per heavy atom. The average Bonchev–Trinajstić information content (AvgIpc) is 3.44. The van der Waals surface area contributed by atoms with Gasteiger partial charge in [-0.2, -0.15) is 10.7 Å². The molecular formula is C32H34N7O5+. The van der Waals surface area contributed by atoms with E-state index < -0.39 is 0 Å². The highest BCUT2D eigenvalue weighted by Gasteiger charge is 2.30. The van der Waals surface area contributed by atoms with Crippen molar-refractivity contribution >= 4 is 34.6 Å². The average molecular weight is 597 g/mol. The molecule has 2 amide bonds. The molecule has 0 spiro atoms. The second kappa shape index (κ2) is 12.9. The lowest BCUT2D eigenvalue weighted by molar-refractivity contribution is -0.825. The topological polar surface area (TPSA) is 152 Å². The van der Waals surface area contributed by atoms with Crippen molar-refractivity contribution in [1.29, 1.82) is 5.26 Å². The lowest BCUT2D eigenvalue weighted by Crippen LogP contribution is -2.74. The van der Waals surface area contributed by atoms with E-state index in [9.17, 15) is 20.1 Å². The van der Waals surface area contributed by atoms with Gasteiger partial charge in [0.1, 0.15) is 34.5 Å². The van der Waals surface area contributed by atoms with Crippen molar-refractivity contribution in [3.63, 3.8) is 0 Å². The van der Waals surface area contributed by atoms with Gasteiger partial charge < -0.3 is 29.3 Å². The number of quaternary nitrogens is 1. The molecule has 12 heteroatoms. The standard InChI is InChI=1S/C32H33N7O5/c1-20-29(30(36-44-20)24-7-5-6-8-28(24)43-4)32(41)39-15-13-38(14-16-39)27-18-25(26(35-42)17-22(27)19-33)34-31(40)21-9-11-23(12-10-21)37(2)3/h5-12,17-18,35,42H,13-16H2,1-4H3,(H,34,40)/p+1. The SMILES string of the molecule is COc1ccccc1-c1noc(C)c1C(=O)N1CCN(c2cc(NC(=O)c3ccc(N(C)C)cc3)c([NH2+]O)cc2C#N)CC1. The first-order chi connectivity index (χ1) is 21.2. The predicted molar refractivity (Wildman–Crippen MR) is 165 cm³/mol. The van der Waals surface area contributed by atoms with E-state index in [1.54, 1.807) is 43.2 Å². The number of carbonyl (C=O) groups is 2. The summed E-state index contributed by atoms with van der Waals surface area (Å²) in [6.07, 6.45) is 0. The molecule has 1 aliphatic heterocycles. The van der Waals surface area contributed by atoms with E-state index in [4.69, 9.17) is 9.26 Å². The van der Waals surface area contributed by atoms with Gasteiger partial charge in [-0.15, -0.1) is 0 Å². The lowest BCUT2D eigenvalue weighted by Gasteiger charge is -2.36. The molecule has 0 aliphatic carbocycles. The van der Waals surface area contributed by atoms with Crippen LogP contribution in [0.4, 0.5) is 22.7 Å². The molecule has 1 aliphatic rings. The molecule has 226 valence electrons. The van der Waals surface area contributed by atoms with Crippen LogP contribution in [0.3, 0.4) is 0 Å². The van der Waals surface area contributed by atoms with Gasteiger partial charge in [-0.3, -0.25) is 9.59 Å². The molecular weight excluding hydrogens is 562 g/mol. The zero-order valence-corrected chi connectivity index (χ0v) is 25.0. The summed E-state index contributed by atoms with van der Waals surface area (Å²) >= 11 is 0. The number of nitrogens with two attached hydrogens (primary N) is 1. The van der Waals surface area contributed by atoms with E-state index in [-0.39, 0.29) is 11.8 Å². The summed E-state index contributed by atoms with van der Waals surface area (Å²) in [6, 6.07) is 19.9. The second-order valence-corrected chi connectivity index (χ2v) is 10.5. The maximum atomic E-state index is 13.7. The van der Waals surface area contributed by atoms with Gasteiger partial charge >= 0.3 is 0 Å². The molecule has 1 aromatic heterocycles. The number of carbonyl (C=O) groups excluding carboxylic acids is 2. The number of ether oxygens (including phenoxy) is 1. The number of anilines is 3. The first kappa shape index (κ1) is 30.1. The van der Waals surface area contributed by atoms with E-state index in [1.165, 1.54) is 6.07 Å². The fourth-order valence-electron chi connectivity index (χ4n) is 5.23. The maximum Gasteiger partial charge on any atom is 0.259 e. The first-order valence-electron chi connectivity index (χ1n) is 14.0. The molecule has 4 N–H and O–H groups in total. The molecule has 12 nitrogen and oxygen atoms in total. The number of nitriles is 1. The Labute approximate surface area is 255 Å². The lowest BCUT2D eigenvalue weighted by atomic mass is 10.0. The number of methoxy groups -OCH3 is 1. The van der Waals surface area contributed by atoms with Crippen molar-refractivity contribution in [2.45, 2.75) is 6.92 Å². The minimum atomic E-state index is -0.348. The normalized spacial score (nSPS) is 12.9. The van der Waals surface area contributed by atoms with Crippen molar-refractivity contribution < 1.29 is 29.5 Å². The number of hydrogen-bond donors (Lipinski definition) is 3. The number of hydrogen-bond acceptors (Lipinski definition) is 9. The van der Waals surface area contributed by atoms with Crippen molar-refractivity contribution in [2.75, 3.05) is 62.5 Å². The van der Waals surface area contributed by atoms with E-state index in [0.29, 0.717) is 82.7 Å². The fourth-order valence-corrected chi connectivity index (χ4v) is 5.23. The Morgan fingerprint density at radius 1 is 1.09 bits per heavy atom. The number of nitrogens with zero attached hydrogens (tertiary/aromatic N) is 5. The van der Waals surface area contributed by atoms with Gasteiger partial charge in [0.25, 0.3) is 11.8 Å². The number of benzene rings is 3. The Bertz CT molecular complexity index is 1720. The predicted octanol–water partition coefficient (Wildman–Crippen LogP) is 3.40. The zero-order valence-electron chi connectivity index (χ0n) is 25.0. The van der Waals surface area contributed by atoms with E-state index >= 15 is 0 Å². The van der Waals surface area contributed by atoms with Gasteiger partial charge in [0.05, 0.1) is 18.4 Å². The maximum absolute atomic E-state index is 13.7. The number of aromatic nitrogens is 1. The third kappa shape index (κ3) is 5.92. The number of piperazine rings is 1. The summed E-state index contributed by atoms with van der Waals surface area (Å²) in [5.74, 6) is 0.445. The van der Waals surface area contributed by atoms with Gasteiger partial charge in [-0.1, -0.05) is 17.3 Å². The quantitative estimate of drug-likeness (QED) is 0.205. The third-order valence-corrected chi connectivity index (χ3v) is 7.67. The Balaban J connectivity index is 1.35. The molecule has 4 aromatic rings. The van der Waals surface area contributed by atoms with Gasteiger partial charge in [-0.05, 0) is 49.4 Å². The summed E-state index contributed by atoms with van der Waals surface area (Å²) in [5.41, 5.74) is 5.36. The van der Waals surface area contributed by atoms with Crippen molar-refractivity contribution in [2.24, 2.45) is 0 Å². The third-order valence-electron chi connectivity index (χ3n) is 7.67. The summed E-state index contributed by atoms with van der Waals surface area (Å²) < 4.78 is 10.9. The van der Waals surface area contributed by atoms with Crippen LogP contribution in [0.15, 0.2) is 65.2 Å². The summed E-state index contributed by atoms with van der Waals surface area (Å²) in [7, 11) is 5.40. The van der Waals surface area contributed by atoms with E-state index in [2.05, 4.69) is 16.5 Å². The van der Waals surface area contributed by atoms with Crippen molar-refractivity contribution in [3.8, 4) is 23.1 Å². The van der Waals surface area contributed by atoms with Crippen molar-refractivity contribution in [1.82, 2.24) is 10.1 Å². The van der Waals surface area contributed by atoms with E-state index in [1.807, 2.05) is 54.2 Å². The molecule has 0 radical (unpaired) electrons. The molecule has 0 atom stereocenters. The zero-order chi connectivity index (χ0) is 31.4. The molecule has 0 bridgehead atoms. The Morgan fingerprint density at radius 2 is 1.80 bits per heavy atom. The van der Waals surface area contributed by atoms with Gasteiger partial charge in [0.2, 0.25) is 0 Å². The summed E-state index contributed by atoms with van der Waals surface area (Å²) in [5, 5.41) is 26.8. The number of nitrogens with one attached hydrogen (secondary N) is 1. The monoisotopic (exact) mass is 596 g/mol. The van der Waals surface area contributed by atoms with Crippen molar-refractivity contribution in [3.05, 3.63) is 83.1 Å². The highest BCUT2D eigenvalue weighted by molar-refractivity contribution is 6.06.